The lowest BCUT2D eigenvalue weighted by molar-refractivity contribution is -0.133. The number of fused-ring (bicyclic) bond motifs is 3. The van der Waals surface area contributed by atoms with Crippen LogP contribution in [0.25, 0.3) is 10.2 Å². The number of aromatic nitrogens is 2. The predicted octanol–water partition coefficient (Wildman–Crippen LogP) is 3.72. The van der Waals surface area contributed by atoms with Crippen molar-refractivity contribution in [3.05, 3.63) is 27.1 Å². The molecule has 3 rings (SSSR count). The van der Waals surface area contributed by atoms with Crippen molar-refractivity contribution in [1.29, 1.82) is 0 Å². The molecule has 1 amide bonds. The topological polar surface area (TPSA) is 55.2 Å². The molecule has 0 fully saturated rings. The number of amides is 1. The van der Waals surface area contributed by atoms with Crippen LogP contribution in [0.15, 0.2) is 11.1 Å². The van der Waals surface area contributed by atoms with Gasteiger partial charge in [-0.25, -0.2) is 4.98 Å². The summed E-state index contributed by atoms with van der Waals surface area (Å²) < 4.78 is 1.50. The van der Waals surface area contributed by atoms with E-state index in [0.717, 1.165) is 29.5 Å². The van der Waals surface area contributed by atoms with Crippen molar-refractivity contribution in [3.8, 4) is 0 Å². The Hall–Kier alpha value is -1.69. The third-order valence-electron chi connectivity index (χ3n) is 5.11. The zero-order chi connectivity index (χ0) is 19.7. The molecule has 0 radical (unpaired) electrons. The summed E-state index contributed by atoms with van der Waals surface area (Å²) in [5, 5.41) is 0.747. The van der Waals surface area contributed by atoms with E-state index in [1.54, 1.807) is 17.7 Å². The molecular formula is C21H31N3O2S. The molecule has 0 saturated carbocycles. The van der Waals surface area contributed by atoms with Crippen molar-refractivity contribution >= 4 is 27.5 Å². The maximum Gasteiger partial charge on any atom is 0.262 e. The van der Waals surface area contributed by atoms with Gasteiger partial charge in [-0.15, -0.1) is 11.3 Å². The third kappa shape index (κ3) is 4.42. The summed E-state index contributed by atoms with van der Waals surface area (Å²) in [5.41, 5.74) is 1.11. The number of aryl methyl sites for hydroxylation is 1. The predicted molar refractivity (Wildman–Crippen MR) is 111 cm³/mol. The first kappa shape index (κ1) is 20.1. The molecule has 0 N–H and O–H groups in total. The van der Waals surface area contributed by atoms with Crippen LogP contribution in [0.4, 0.5) is 0 Å². The van der Waals surface area contributed by atoms with Gasteiger partial charge in [0.2, 0.25) is 5.91 Å². The second kappa shape index (κ2) is 8.13. The van der Waals surface area contributed by atoms with Crippen LogP contribution in [-0.2, 0) is 24.2 Å². The Morgan fingerprint density at radius 1 is 1.30 bits per heavy atom. The number of carbonyl (C=O) groups excluding carboxylic acids is 1. The highest BCUT2D eigenvalue weighted by Crippen LogP contribution is 2.35. The summed E-state index contributed by atoms with van der Waals surface area (Å²) in [6.45, 7) is 12.2. The third-order valence-corrected chi connectivity index (χ3v) is 6.27. The Morgan fingerprint density at radius 2 is 1.96 bits per heavy atom. The lowest BCUT2D eigenvalue weighted by Gasteiger charge is -2.26. The molecule has 1 aliphatic carbocycles. The number of hydrogen-bond acceptors (Lipinski definition) is 4. The lowest BCUT2D eigenvalue weighted by Crippen LogP contribution is -2.40. The maximum absolute atomic E-state index is 13.1. The minimum atomic E-state index is -0.0607. The molecule has 1 unspecified atom stereocenters. The first-order valence-electron chi connectivity index (χ1n) is 10.0. The second-order valence-corrected chi connectivity index (χ2v) is 9.88. The fourth-order valence-corrected chi connectivity index (χ4v) is 5.23. The van der Waals surface area contributed by atoms with Gasteiger partial charge in [0.05, 0.1) is 11.7 Å². The fourth-order valence-electron chi connectivity index (χ4n) is 3.88. The molecule has 6 heteroatoms. The average molecular weight is 390 g/mol. The summed E-state index contributed by atoms with van der Waals surface area (Å²) >= 11 is 1.65. The van der Waals surface area contributed by atoms with E-state index < -0.39 is 0 Å². The van der Waals surface area contributed by atoms with E-state index in [4.69, 9.17) is 0 Å². The molecular weight excluding hydrogens is 358 g/mol. The van der Waals surface area contributed by atoms with Crippen LogP contribution in [0.1, 0.15) is 51.5 Å². The molecule has 2 aromatic rings. The molecule has 27 heavy (non-hydrogen) atoms. The molecule has 5 nitrogen and oxygen atoms in total. The van der Waals surface area contributed by atoms with Crippen LogP contribution in [0.3, 0.4) is 0 Å². The maximum atomic E-state index is 13.1. The zero-order valence-electron chi connectivity index (χ0n) is 17.1. The van der Waals surface area contributed by atoms with Gasteiger partial charge in [-0.1, -0.05) is 34.6 Å². The number of carbonyl (C=O) groups is 1. The Bertz CT molecular complexity index is 871. The van der Waals surface area contributed by atoms with Crippen molar-refractivity contribution in [1.82, 2.24) is 14.5 Å². The normalized spacial score (nSPS) is 16.9. The van der Waals surface area contributed by atoms with Crippen LogP contribution in [0, 0.1) is 17.8 Å². The standard InChI is InChI=1S/C21H31N3O2S/c1-13(2)9-23(10-14(3)4)18(25)11-24-12-22-20-19(21(24)26)16-7-6-15(5)8-17(16)27-20/h12-15H,6-11H2,1-5H3. The first-order valence-corrected chi connectivity index (χ1v) is 10.8. The number of thiophene rings is 1. The summed E-state index contributed by atoms with van der Waals surface area (Å²) in [6.07, 6.45) is 4.64. The largest absolute Gasteiger partial charge is 0.341 e. The van der Waals surface area contributed by atoms with Crippen LogP contribution in [0.5, 0.6) is 0 Å². The number of hydrogen-bond donors (Lipinski definition) is 0. The molecule has 2 aromatic heterocycles. The smallest absolute Gasteiger partial charge is 0.262 e. The molecule has 0 bridgehead atoms. The average Bonchev–Trinajstić information content (AvgIpc) is 2.94. The van der Waals surface area contributed by atoms with Gasteiger partial charge in [0, 0.05) is 18.0 Å². The van der Waals surface area contributed by atoms with Gasteiger partial charge in [0.25, 0.3) is 5.56 Å². The summed E-state index contributed by atoms with van der Waals surface area (Å²) in [6, 6.07) is 0. The molecule has 0 aliphatic heterocycles. The minimum Gasteiger partial charge on any atom is -0.341 e. The van der Waals surface area contributed by atoms with E-state index >= 15 is 0 Å². The number of rotatable bonds is 6. The van der Waals surface area contributed by atoms with Crippen LogP contribution in [-0.4, -0.2) is 33.4 Å². The van der Waals surface area contributed by atoms with Crippen molar-refractivity contribution < 1.29 is 4.79 Å². The van der Waals surface area contributed by atoms with Gasteiger partial charge >= 0.3 is 0 Å². The molecule has 2 heterocycles. The summed E-state index contributed by atoms with van der Waals surface area (Å²) in [4.78, 5) is 34.5. The molecule has 1 aliphatic rings. The van der Waals surface area contributed by atoms with Gasteiger partial charge in [-0.05, 0) is 42.6 Å². The molecule has 0 spiro atoms. The van der Waals surface area contributed by atoms with Gasteiger partial charge in [-0.3, -0.25) is 14.2 Å². The summed E-state index contributed by atoms with van der Waals surface area (Å²) in [5.74, 6) is 1.46. The van der Waals surface area contributed by atoms with E-state index in [9.17, 15) is 9.59 Å². The van der Waals surface area contributed by atoms with E-state index in [2.05, 4.69) is 39.6 Å². The van der Waals surface area contributed by atoms with Crippen molar-refractivity contribution in [2.24, 2.45) is 17.8 Å². The highest BCUT2D eigenvalue weighted by molar-refractivity contribution is 7.18. The van der Waals surface area contributed by atoms with E-state index in [1.807, 2.05) is 4.90 Å². The molecule has 0 saturated heterocycles. The highest BCUT2D eigenvalue weighted by atomic mass is 32.1. The Labute approximate surface area is 165 Å². The second-order valence-electron chi connectivity index (χ2n) is 8.80. The fraction of sp³-hybridized carbons (Fsp3) is 0.667. The SMILES string of the molecule is CC(C)CN(CC(C)C)C(=O)Cn1cnc2sc3c(c2c1=O)CCC(C)C3. The summed E-state index contributed by atoms with van der Waals surface area (Å²) in [7, 11) is 0. The van der Waals surface area contributed by atoms with Gasteiger partial charge < -0.3 is 4.90 Å². The van der Waals surface area contributed by atoms with Crippen LogP contribution < -0.4 is 5.56 Å². The van der Waals surface area contributed by atoms with E-state index in [0.29, 0.717) is 30.8 Å². The van der Waals surface area contributed by atoms with Crippen molar-refractivity contribution in [3.63, 3.8) is 0 Å². The Kier molecular flexibility index (Phi) is 6.04. The van der Waals surface area contributed by atoms with E-state index in [1.165, 1.54) is 15.0 Å². The molecule has 0 aromatic carbocycles. The Balaban J connectivity index is 1.89. The van der Waals surface area contributed by atoms with Crippen molar-refractivity contribution in [2.45, 2.75) is 60.4 Å². The van der Waals surface area contributed by atoms with Crippen LogP contribution in [0.2, 0.25) is 0 Å². The lowest BCUT2D eigenvalue weighted by atomic mass is 9.89. The Morgan fingerprint density at radius 3 is 2.59 bits per heavy atom. The zero-order valence-corrected chi connectivity index (χ0v) is 17.9. The van der Waals surface area contributed by atoms with Gasteiger partial charge in [0.1, 0.15) is 11.4 Å². The first-order chi connectivity index (χ1) is 12.8. The monoisotopic (exact) mass is 389 g/mol. The highest BCUT2D eigenvalue weighted by Gasteiger charge is 2.24. The number of nitrogens with zero attached hydrogens (tertiary/aromatic N) is 3. The van der Waals surface area contributed by atoms with E-state index in [-0.39, 0.29) is 18.0 Å². The van der Waals surface area contributed by atoms with Crippen molar-refractivity contribution in [2.75, 3.05) is 13.1 Å². The van der Waals surface area contributed by atoms with Crippen LogP contribution >= 0.6 is 11.3 Å². The van der Waals surface area contributed by atoms with Gasteiger partial charge in [-0.2, -0.15) is 0 Å². The minimum absolute atomic E-state index is 0.00151. The van der Waals surface area contributed by atoms with Gasteiger partial charge in [0.15, 0.2) is 0 Å². The molecule has 1 atom stereocenters. The molecule has 148 valence electrons. The quantitative estimate of drug-likeness (QED) is 0.756.